The lowest BCUT2D eigenvalue weighted by Gasteiger charge is -2.09. The molecule has 1 aliphatic rings. The number of hydrogen-bond donors (Lipinski definition) is 2. The maximum atomic E-state index is 12.1. The van der Waals surface area contributed by atoms with E-state index in [2.05, 4.69) is 20.1 Å². The minimum Gasteiger partial charge on any atom is -0.507 e. The van der Waals surface area contributed by atoms with Gasteiger partial charge in [-0.3, -0.25) is 4.79 Å². The lowest BCUT2D eigenvalue weighted by Crippen LogP contribution is -2.25. The zero-order chi connectivity index (χ0) is 14.7. The second kappa shape index (κ2) is 5.95. The molecule has 2 N–H and O–H groups in total. The standard InChI is InChI=1S/C15H18N4O2/c20-12-7-4-3-6-11(12)15(21)16-10-14-18-17-13-8-2-1-5-9-19(13)14/h3-4,6-7,20H,1-2,5,8-10H2,(H,16,21). The Bertz CT molecular complexity index is 651. The Morgan fingerprint density at radius 2 is 2.10 bits per heavy atom. The summed E-state index contributed by atoms with van der Waals surface area (Å²) >= 11 is 0. The zero-order valence-electron chi connectivity index (χ0n) is 11.7. The molecule has 1 aliphatic heterocycles. The molecule has 1 amide bonds. The van der Waals surface area contributed by atoms with E-state index in [-0.39, 0.29) is 17.2 Å². The van der Waals surface area contributed by atoms with Crippen molar-refractivity contribution >= 4 is 5.91 Å². The molecule has 3 rings (SSSR count). The minimum absolute atomic E-state index is 0.0185. The van der Waals surface area contributed by atoms with Crippen LogP contribution in [0.2, 0.25) is 0 Å². The summed E-state index contributed by atoms with van der Waals surface area (Å²) in [6, 6.07) is 6.50. The topological polar surface area (TPSA) is 80.0 Å². The van der Waals surface area contributed by atoms with Gasteiger partial charge in [0.15, 0.2) is 5.82 Å². The third kappa shape index (κ3) is 2.89. The Morgan fingerprint density at radius 3 is 2.95 bits per heavy atom. The second-order valence-corrected chi connectivity index (χ2v) is 5.19. The molecular formula is C15H18N4O2. The van der Waals surface area contributed by atoms with Crippen LogP contribution in [-0.2, 0) is 19.5 Å². The molecule has 6 heteroatoms. The van der Waals surface area contributed by atoms with E-state index in [4.69, 9.17) is 0 Å². The van der Waals surface area contributed by atoms with Crippen LogP contribution in [0.1, 0.15) is 41.3 Å². The highest BCUT2D eigenvalue weighted by Gasteiger charge is 2.16. The van der Waals surface area contributed by atoms with Crippen molar-refractivity contribution in [2.45, 2.75) is 38.8 Å². The van der Waals surface area contributed by atoms with Gasteiger partial charge in [0.1, 0.15) is 11.6 Å². The summed E-state index contributed by atoms with van der Waals surface area (Å²) in [6.45, 7) is 1.23. The summed E-state index contributed by atoms with van der Waals surface area (Å²) in [5.74, 6) is 1.45. The van der Waals surface area contributed by atoms with Crippen LogP contribution in [0.4, 0.5) is 0 Å². The number of carbonyl (C=O) groups is 1. The van der Waals surface area contributed by atoms with Gasteiger partial charge in [-0.15, -0.1) is 10.2 Å². The van der Waals surface area contributed by atoms with Crippen LogP contribution >= 0.6 is 0 Å². The molecule has 6 nitrogen and oxygen atoms in total. The summed E-state index contributed by atoms with van der Waals surface area (Å²) in [5, 5.41) is 20.8. The van der Waals surface area contributed by atoms with Gasteiger partial charge in [-0.2, -0.15) is 0 Å². The van der Waals surface area contributed by atoms with Crippen LogP contribution in [0.5, 0.6) is 5.75 Å². The van der Waals surface area contributed by atoms with E-state index in [1.54, 1.807) is 18.2 Å². The number of aromatic nitrogens is 3. The molecule has 2 aromatic rings. The highest BCUT2D eigenvalue weighted by atomic mass is 16.3. The van der Waals surface area contributed by atoms with Gasteiger partial charge < -0.3 is 15.0 Å². The van der Waals surface area contributed by atoms with Gasteiger partial charge in [0, 0.05) is 13.0 Å². The van der Waals surface area contributed by atoms with E-state index in [0.717, 1.165) is 37.5 Å². The van der Waals surface area contributed by atoms with E-state index in [9.17, 15) is 9.90 Å². The van der Waals surface area contributed by atoms with Crippen molar-refractivity contribution in [3.05, 3.63) is 41.5 Å². The molecule has 1 aromatic heterocycles. The Morgan fingerprint density at radius 1 is 1.24 bits per heavy atom. The average Bonchev–Trinajstić information content (AvgIpc) is 2.72. The maximum absolute atomic E-state index is 12.1. The van der Waals surface area contributed by atoms with Crippen molar-refractivity contribution in [3.63, 3.8) is 0 Å². The fourth-order valence-corrected chi connectivity index (χ4v) is 2.60. The van der Waals surface area contributed by atoms with Gasteiger partial charge in [-0.05, 0) is 25.0 Å². The van der Waals surface area contributed by atoms with Gasteiger partial charge in [0.25, 0.3) is 5.91 Å². The van der Waals surface area contributed by atoms with E-state index < -0.39 is 0 Å². The van der Waals surface area contributed by atoms with Crippen LogP contribution in [0.25, 0.3) is 0 Å². The fourth-order valence-electron chi connectivity index (χ4n) is 2.60. The minimum atomic E-state index is -0.306. The molecule has 0 aliphatic carbocycles. The molecule has 1 aromatic carbocycles. The predicted octanol–water partition coefficient (Wildman–Crippen LogP) is 1.64. The third-order valence-electron chi connectivity index (χ3n) is 3.74. The zero-order valence-corrected chi connectivity index (χ0v) is 11.7. The molecule has 0 saturated heterocycles. The van der Waals surface area contributed by atoms with Crippen molar-refractivity contribution in [1.29, 1.82) is 0 Å². The number of nitrogens with zero attached hydrogens (tertiary/aromatic N) is 3. The van der Waals surface area contributed by atoms with E-state index in [0.29, 0.717) is 6.54 Å². The lowest BCUT2D eigenvalue weighted by atomic mass is 10.2. The molecule has 0 fully saturated rings. The number of amides is 1. The van der Waals surface area contributed by atoms with Gasteiger partial charge >= 0.3 is 0 Å². The molecule has 0 bridgehead atoms. The van der Waals surface area contributed by atoms with Gasteiger partial charge in [-0.1, -0.05) is 18.6 Å². The smallest absolute Gasteiger partial charge is 0.255 e. The Hall–Kier alpha value is -2.37. The second-order valence-electron chi connectivity index (χ2n) is 5.19. The summed E-state index contributed by atoms with van der Waals surface area (Å²) in [6.07, 6.45) is 4.40. The van der Waals surface area contributed by atoms with Gasteiger partial charge in [0.2, 0.25) is 0 Å². The van der Waals surface area contributed by atoms with Crippen LogP contribution in [-0.4, -0.2) is 25.8 Å². The summed E-state index contributed by atoms with van der Waals surface area (Å²) in [7, 11) is 0. The normalized spacial score (nSPS) is 14.3. The van der Waals surface area contributed by atoms with Crippen LogP contribution < -0.4 is 5.32 Å². The van der Waals surface area contributed by atoms with Crippen LogP contribution in [0, 0.1) is 0 Å². The number of nitrogens with one attached hydrogen (secondary N) is 1. The predicted molar refractivity (Wildman–Crippen MR) is 76.9 cm³/mol. The first kappa shape index (κ1) is 13.6. The van der Waals surface area contributed by atoms with Crippen molar-refractivity contribution in [3.8, 4) is 5.75 Å². The Labute approximate surface area is 122 Å². The molecule has 2 heterocycles. The summed E-state index contributed by atoms with van der Waals surface area (Å²) in [5.41, 5.74) is 0.271. The molecule has 0 saturated carbocycles. The number of benzene rings is 1. The number of phenols is 1. The van der Waals surface area contributed by atoms with E-state index in [1.807, 2.05) is 0 Å². The first-order chi connectivity index (χ1) is 10.3. The Kier molecular flexibility index (Phi) is 3.85. The largest absolute Gasteiger partial charge is 0.507 e. The highest BCUT2D eigenvalue weighted by Crippen LogP contribution is 2.16. The Balaban J connectivity index is 1.70. The first-order valence-electron chi connectivity index (χ1n) is 7.23. The summed E-state index contributed by atoms with van der Waals surface area (Å²) < 4.78 is 2.10. The van der Waals surface area contributed by atoms with Crippen molar-refractivity contribution in [1.82, 2.24) is 20.1 Å². The quantitative estimate of drug-likeness (QED) is 0.899. The fraction of sp³-hybridized carbons (Fsp3) is 0.400. The maximum Gasteiger partial charge on any atom is 0.255 e. The number of aryl methyl sites for hydroxylation is 1. The number of rotatable bonds is 3. The lowest BCUT2D eigenvalue weighted by molar-refractivity contribution is 0.0946. The molecule has 0 unspecified atom stereocenters. The third-order valence-corrected chi connectivity index (χ3v) is 3.74. The molecule has 0 radical (unpaired) electrons. The van der Waals surface area contributed by atoms with E-state index in [1.165, 1.54) is 12.5 Å². The molecule has 21 heavy (non-hydrogen) atoms. The summed E-state index contributed by atoms with van der Waals surface area (Å²) in [4.78, 5) is 12.1. The number of carbonyl (C=O) groups excluding carboxylic acids is 1. The van der Waals surface area contributed by atoms with Crippen molar-refractivity contribution < 1.29 is 9.90 Å². The first-order valence-corrected chi connectivity index (χ1v) is 7.23. The van der Waals surface area contributed by atoms with Crippen LogP contribution in [0.3, 0.4) is 0 Å². The van der Waals surface area contributed by atoms with Gasteiger partial charge in [0.05, 0.1) is 12.1 Å². The molecular weight excluding hydrogens is 268 g/mol. The number of hydrogen-bond acceptors (Lipinski definition) is 4. The molecule has 110 valence electrons. The number of aromatic hydroxyl groups is 1. The SMILES string of the molecule is O=C(NCc1nnc2n1CCCCC2)c1ccccc1O. The van der Waals surface area contributed by atoms with Crippen molar-refractivity contribution in [2.24, 2.45) is 0 Å². The monoisotopic (exact) mass is 286 g/mol. The number of phenolic OH excluding ortho intramolecular Hbond substituents is 1. The van der Waals surface area contributed by atoms with E-state index >= 15 is 0 Å². The molecule has 0 spiro atoms. The number of fused-ring (bicyclic) bond motifs is 1. The number of para-hydroxylation sites is 1. The van der Waals surface area contributed by atoms with Gasteiger partial charge in [-0.25, -0.2) is 0 Å². The highest BCUT2D eigenvalue weighted by molar-refractivity contribution is 5.96. The average molecular weight is 286 g/mol. The molecule has 0 atom stereocenters. The van der Waals surface area contributed by atoms with Crippen molar-refractivity contribution in [2.75, 3.05) is 0 Å². The van der Waals surface area contributed by atoms with Crippen LogP contribution in [0.15, 0.2) is 24.3 Å².